The Bertz CT molecular complexity index is 1110. The highest BCUT2D eigenvalue weighted by Crippen LogP contribution is 2.45. The number of benzene rings is 2. The van der Waals surface area contributed by atoms with Crippen molar-refractivity contribution < 1.29 is 22.7 Å². The van der Waals surface area contributed by atoms with E-state index in [2.05, 4.69) is 0 Å². The number of aryl methyl sites for hydroxylation is 1. The Morgan fingerprint density at radius 1 is 1.24 bits per heavy atom. The van der Waals surface area contributed by atoms with Crippen molar-refractivity contribution in [3.05, 3.63) is 64.7 Å². The maximum atomic E-state index is 13.5. The second-order valence-electron chi connectivity index (χ2n) is 9.29. The van der Waals surface area contributed by atoms with Crippen LogP contribution in [0.15, 0.2) is 42.5 Å². The third-order valence-corrected chi connectivity index (χ3v) is 7.07. The number of carbonyl (C=O) groups is 1. The molecule has 0 saturated carbocycles. The molecular weight excluding hydrogens is 443 g/mol. The molecular formula is C26H28F3N3O2. The van der Waals surface area contributed by atoms with Gasteiger partial charge in [0.05, 0.1) is 23.8 Å². The topological polar surface area (TPSA) is 56.6 Å². The molecule has 2 aliphatic rings. The number of carbonyl (C=O) groups excluding carboxylic acids is 1. The van der Waals surface area contributed by atoms with Gasteiger partial charge in [0, 0.05) is 55.4 Å². The van der Waals surface area contributed by atoms with E-state index in [0.717, 1.165) is 11.6 Å². The van der Waals surface area contributed by atoms with Gasteiger partial charge in [0.25, 0.3) is 5.91 Å². The molecule has 1 amide bonds. The monoisotopic (exact) mass is 471 g/mol. The first-order valence-electron chi connectivity index (χ1n) is 11.5. The summed E-state index contributed by atoms with van der Waals surface area (Å²) in [4.78, 5) is 17.1. The molecule has 0 spiro atoms. The molecule has 2 fully saturated rings. The normalized spacial score (nSPS) is 22.4. The fourth-order valence-corrected chi connectivity index (χ4v) is 5.23. The van der Waals surface area contributed by atoms with Crippen molar-refractivity contribution in [3.63, 3.8) is 0 Å². The van der Waals surface area contributed by atoms with Crippen LogP contribution in [0.3, 0.4) is 0 Å². The Morgan fingerprint density at radius 3 is 2.71 bits per heavy atom. The minimum absolute atomic E-state index is 0.0294. The summed E-state index contributed by atoms with van der Waals surface area (Å²) in [6.45, 7) is 7.13. The van der Waals surface area contributed by atoms with Crippen LogP contribution >= 0.6 is 0 Å². The molecule has 2 aromatic carbocycles. The minimum atomic E-state index is -4.60. The van der Waals surface area contributed by atoms with E-state index in [4.69, 9.17) is 10.00 Å². The Labute approximate surface area is 197 Å². The first-order chi connectivity index (χ1) is 16.2. The molecule has 2 unspecified atom stereocenters. The maximum Gasteiger partial charge on any atom is 0.417 e. The Hall–Kier alpha value is -3.05. The maximum absolute atomic E-state index is 13.5. The predicted molar refractivity (Wildman–Crippen MR) is 122 cm³/mol. The molecule has 8 heteroatoms. The predicted octanol–water partition coefficient (Wildman–Crippen LogP) is 4.89. The van der Waals surface area contributed by atoms with E-state index in [1.54, 1.807) is 12.1 Å². The van der Waals surface area contributed by atoms with E-state index in [-0.39, 0.29) is 22.8 Å². The molecule has 0 N–H and O–H groups in total. The average molecular weight is 472 g/mol. The van der Waals surface area contributed by atoms with E-state index >= 15 is 0 Å². The van der Waals surface area contributed by atoms with E-state index in [1.807, 2.05) is 47.9 Å². The Morgan fingerprint density at radius 2 is 2.03 bits per heavy atom. The van der Waals surface area contributed by atoms with Crippen molar-refractivity contribution in [2.24, 2.45) is 11.3 Å². The number of likely N-dealkylation sites (tertiary alicyclic amines) is 1. The number of anilines is 1. The first-order valence-corrected chi connectivity index (χ1v) is 11.5. The SMILES string of the molecule is CCOCC12CCN(c3ccc(C#N)c(C(F)(F)F)c3)CC1CN(C(=O)c1cccc(C)c1)C2. The number of alkyl halides is 3. The van der Waals surface area contributed by atoms with Gasteiger partial charge < -0.3 is 14.5 Å². The van der Waals surface area contributed by atoms with Gasteiger partial charge in [0.2, 0.25) is 0 Å². The highest BCUT2D eigenvalue weighted by Gasteiger charge is 2.51. The molecule has 0 bridgehead atoms. The molecule has 4 rings (SSSR count). The Kier molecular flexibility index (Phi) is 6.59. The first kappa shape index (κ1) is 24.1. The lowest BCUT2D eigenvalue weighted by molar-refractivity contribution is -0.137. The largest absolute Gasteiger partial charge is 0.417 e. The van der Waals surface area contributed by atoms with E-state index in [1.165, 1.54) is 6.07 Å². The number of hydrogen-bond acceptors (Lipinski definition) is 4. The highest BCUT2D eigenvalue weighted by atomic mass is 19.4. The van der Waals surface area contributed by atoms with Crippen molar-refractivity contribution in [1.82, 2.24) is 4.90 Å². The third-order valence-electron chi connectivity index (χ3n) is 7.07. The van der Waals surface area contributed by atoms with Gasteiger partial charge in [-0.1, -0.05) is 17.7 Å². The zero-order valence-corrected chi connectivity index (χ0v) is 19.4. The quantitative estimate of drug-likeness (QED) is 0.623. The summed E-state index contributed by atoms with van der Waals surface area (Å²) in [5, 5.41) is 9.10. The minimum Gasteiger partial charge on any atom is -0.381 e. The van der Waals surface area contributed by atoms with Gasteiger partial charge >= 0.3 is 6.18 Å². The molecule has 0 aromatic heterocycles. The molecule has 2 atom stereocenters. The number of rotatable bonds is 5. The van der Waals surface area contributed by atoms with E-state index < -0.39 is 11.7 Å². The van der Waals surface area contributed by atoms with Crippen LogP contribution in [0.5, 0.6) is 0 Å². The summed E-state index contributed by atoms with van der Waals surface area (Å²) in [5.74, 6) is 0.0322. The van der Waals surface area contributed by atoms with Crippen LogP contribution in [0.1, 0.15) is 40.4 Å². The van der Waals surface area contributed by atoms with Gasteiger partial charge in [-0.05, 0) is 50.6 Å². The summed E-state index contributed by atoms with van der Waals surface area (Å²) < 4.78 is 46.3. The molecule has 34 heavy (non-hydrogen) atoms. The molecule has 2 heterocycles. The van der Waals surface area contributed by atoms with Gasteiger partial charge in [0.15, 0.2) is 0 Å². The van der Waals surface area contributed by atoms with Crippen LogP contribution < -0.4 is 4.90 Å². The molecule has 5 nitrogen and oxygen atoms in total. The smallest absolute Gasteiger partial charge is 0.381 e. The molecule has 0 radical (unpaired) electrons. The molecule has 0 aliphatic carbocycles. The number of piperidine rings is 1. The van der Waals surface area contributed by atoms with Crippen LogP contribution in [0, 0.1) is 29.6 Å². The summed E-state index contributed by atoms with van der Waals surface area (Å²) >= 11 is 0. The van der Waals surface area contributed by atoms with Crippen LogP contribution in [-0.4, -0.2) is 50.2 Å². The lowest BCUT2D eigenvalue weighted by Crippen LogP contribution is -2.49. The number of hydrogen-bond donors (Lipinski definition) is 0. The summed E-state index contributed by atoms with van der Waals surface area (Å²) in [6.07, 6.45) is -3.89. The lowest BCUT2D eigenvalue weighted by atomic mass is 9.73. The van der Waals surface area contributed by atoms with Gasteiger partial charge in [-0.2, -0.15) is 18.4 Å². The van der Waals surface area contributed by atoms with Crippen LogP contribution in [-0.2, 0) is 10.9 Å². The second kappa shape index (κ2) is 9.30. The van der Waals surface area contributed by atoms with Gasteiger partial charge in [-0.15, -0.1) is 0 Å². The van der Waals surface area contributed by atoms with Crippen molar-refractivity contribution in [2.45, 2.75) is 26.4 Å². The second-order valence-corrected chi connectivity index (χ2v) is 9.29. The van der Waals surface area contributed by atoms with Gasteiger partial charge in [0.1, 0.15) is 0 Å². The van der Waals surface area contributed by atoms with E-state index in [9.17, 15) is 18.0 Å². The number of nitrogens with zero attached hydrogens (tertiary/aromatic N) is 3. The van der Waals surface area contributed by atoms with Crippen molar-refractivity contribution >= 4 is 11.6 Å². The molecule has 2 saturated heterocycles. The van der Waals surface area contributed by atoms with Crippen LogP contribution in [0.4, 0.5) is 18.9 Å². The number of ether oxygens (including phenoxy) is 1. The lowest BCUT2D eigenvalue weighted by Gasteiger charge is -2.44. The number of nitriles is 1. The highest BCUT2D eigenvalue weighted by molar-refractivity contribution is 5.94. The average Bonchev–Trinajstić information content (AvgIpc) is 3.20. The van der Waals surface area contributed by atoms with E-state index in [0.29, 0.717) is 57.1 Å². The zero-order chi connectivity index (χ0) is 24.5. The third kappa shape index (κ3) is 4.62. The molecule has 2 aromatic rings. The molecule has 180 valence electrons. The number of fused-ring (bicyclic) bond motifs is 1. The standard InChI is InChI=1S/C26H28F3N3O2/c1-3-34-17-25-9-10-31(22-8-7-20(13-30)23(12-22)26(27,28)29)14-21(25)15-32(16-25)24(33)19-6-4-5-18(2)11-19/h4-8,11-12,21H,3,9-10,14-17H2,1-2H3. The van der Waals surface area contributed by atoms with Gasteiger partial charge in [-0.3, -0.25) is 4.79 Å². The van der Waals surface area contributed by atoms with Gasteiger partial charge in [-0.25, -0.2) is 0 Å². The van der Waals surface area contributed by atoms with Crippen molar-refractivity contribution in [1.29, 1.82) is 5.26 Å². The summed E-state index contributed by atoms with van der Waals surface area (Å²) in [6, 6.07) is 13.0. The Balaban J connectivity index is 1.59. The van der Waals surface area contributed by atoms with Crippen LogP contribution in [0.2, 0.25) is 0 Å². The molecule has 2 aliphatic heterocycles. The van der Waals surface area contributed by atoms with Crippen molar-refractivity contribution in [2.75, 3.05) is 44.3 Å². The number of halogens is 3. The fourth-order valence-electron chi connectivity index (χ4n) is 5.23. The summed E-state index contributed by atoms with van der Waals surface area (Å²) in [5.41, 5.74) is 0.574. The van der Waals surface area contributed by atoms with Crippen LogP contribution in [0.25, 0.3) is 0 Å². The fraction of sp³-hybridized carbons (Fsp3) is 0.462. The van der Waals surface area contributed by atoms with Crippen molar-refractivity contribution in [3.8, 4) is 6.07 Å². The number of amides is 1. The summed E-state index contributed by atoms with van der Waals surface area (Å²) in [7, 11) is 0. The zero-order valence-electron chi connectivity index (χ0n) is 19.4.